The molecular formula is C29H17Br2Cl2N3O3. The Morgan fingerprint density at radius 1 is 0.872 bits per heavy atom. The zero-order valence-electron chi connectivity index (χ0n) is 19.8. The molecule has 0 aliphatic heterocycles. The number of hydrogen-bond acceptors (Lipinski definition) is 4. The number of carbonyl (C=O) groups excluding carboxylic acids is 2. The number of fused-ring (bicyclic) bond motifs is 1. The van der Waals surface area contributed by atoms with Gasteiger partial charge < -0.3 is 9.72 Å². The summed E-state index contributed by atoms with van der Waals surface area (Å²) in [5.74, 6) is -0.752. The third-order valence-electron chi connectivity index (χ3n) is 5.78. The molecule has 39 heavy (non-hydrogen) atoms. The van der Waals surface area contributed by atoms with Crippen LogP contribution in [0.4, 0.5) is 0 Å². The number of para-hydroxylation sites is 1. The molecule has 1 amide bonds. The molecule has 194 valence electrons. The smallest absolute Gasteiger partial charge is 0.343 e. The number of hydrogen-bond donors (Lipinski definition) is 2. The number of H-pyrrole nitrogens is 1. The van der Waals surface area contributed by atoms with Crippen LogP contribution in [0.2, 0.25) is 10.0 Å². The van der Waals surface area contributed by atoms with Gasteiger partial charge in [0.25, 0.3) is 5.91 Å². The van der Waals surface area contributed by atoms with Crippen LogP contribution in [0.5, 0.6) is 5.75 Å². The minimum absolute atomic E-state index is 0.250. The first-order valence-corrected chi connectivity index (χ1v) is 13.8. The molecule has 1 aromatic heterocycles. The lowest BCUT2D eigenvalue weighted by molar-refractivity contribution is 0.0734. The number of carbonyl (C=O) groups is 2. The number of halogens is 4. The second-order valence-corrected chi connectivity index (χ2v) is 10.9. The second kappa shape index (κ2) is 11.8. The van der Waals surface area contributed by atoms with Gasteiger partial charge in [0.2, 0.25) is 0 Å². The molecule has 5 aromatic rings. The highest BCUT2D eigenvalue weighted by Crippen LogP contribution is 2.38. The Kier molecular flexibility index (Phi) is 8.18. The lowest BCUT2D eigenvalue weighted by atomic mass is 10.0. The molecule has 0 aliphatic carbocycles. The number of hydrazone groups is 1. The molecule has 5 rings (SSSR count). The maximum absolute atomic E-state index is 13.3. The zero-order chi connectivity index (χ0) is 27.5. The van der Waals surface area contributed by atoms with E-state index in [0.29, 0.717) is 37.8 Å². The molecule has 0 saturated carbocycles. The van der Waals surface area contributed by atoms with Gasteiger partial charge in [0, 0.05) is 36.0 Å². The number of aromatic nitrogens is 1. The number of benzene rings is 4. The summed E-state index contributed by atoms with van der Waals surface area (Å²) in [5, 5.41) is 5.84. The highest BCUT2D eigenvalue weighted by atomic mass is 79.9. The van der Waals surface area contributed by atoms with E-state index in [1.54, 1.807) is 54.6 Å². The standard InChI is InChI=1S/C29H17Br2Cl2N3O3/c30-18-10-8-16(9-11-18)29(38)39-24-13-12-19(31)14-17(24)15-34-36-28(37)27-25(20-4-1-2-6-22(20)32)21-5-3-7-23(33)26(21)35-27/h1-15,35H,(H,36,37). The van der Waals surface area contributed by atoms with Crippen molar-refractivity contribution in [2.24, 2.45) is 5.10 Å². The molecule has 0 bridgehead atoms. The van der Waals surface area contributed by atoms with Crippen LogP contribution in [-0.4, -0.2) is 23.1 Å². The number of ether oxygens (including phenoxy) is 1. The van der Waals surface area contributed by atoms with E-state index in [-0.39, 0.29) is 11.4 Å². The van der Waals surface area contributed by atoms with Crippen LogP contribution in [0, 0.1) is 0 Å². The van der Waals surface area contributed by atoms with Gasteiger partial charge in [-0.15, -0.1) is 0 Å². The Balaban J connectivity index is 1.43. The van der Waals surface area contributed by atoms with Crippen molar-refractivity contribution in [2.75, 3.05) is 0 Å². The molecule has 0 saturated heterocycles. The van der Waals surface area contributed by atoms with Crippen molar-refractivity contribution < 1.29 is 14.3 Å². The average molecular weight is 686 g/mol. The van der Waals surface area contributed by atoms with Gasteiger partial charge in [-0.2, -0.15) is 5.10 Å². The number of rotatable bonds is 6. The summed E-state index contributed by atoms with van der Waals surface area (Å²) in [5.41, 5.74) is 5.56. The summed E-state index contributed by atoms with van der Waals surface area (Å²) in [7, 11) is 0. The van der Waals surface area contributed by atoms with Crippen LogP contribution >= 0.6 is 55.1 Å². The van der Waals surface area contributed by atoms with Gasteiger partial charge >= 0.3 is 5.97 Å². The molecule has 1 heterocycles. The molecule has 2 N–H and O–H groups in total. The van der Waals surface area contributed by atoms with Crippen LogP contribution in [0.25, 0.3) is 22.0 Å². The minimum Gasteiger partial charge on any atom is -0.422 e. The Hall–Kier alpha value is -3.43. The Morgan fingerprint density at radius 3 is 2.36 bits per heavy atom. The van der Waals surface area contributed by atoms with Crippen LogP contribution in [0.15, 0.2) is 99.0 Å². The van der Waals surface area contributed by atoms with Gasteiger partial charge in [-0.3, -0.25) is 4.79 Å². The maximum atomic E-state index is 13.3. The maximum Gasteiger partial charge on any atom is 0.343 e. The predicted molar refractivity (Wildman–Crippen MR) is 162 cm³/mol. The van der Waals surface area contributed by atoms with E-state index in [9.17, 15) is 9.59 Å². The van der Waals surface area contributed by atoms with E-state index in [0.717, 1.165) is 14.3 Å². The normalized spacial score (nSPS) is 11.2. The summed E-state index contributed by atoms with van der Waals surface area (Å²) in [6, 6.07) is 24.6. The van der Waals surface area contributed by atoms with Crippen LogP contribution in [-0.2, 0) is 0 Å². The number of aromatic amines is 1. The van der Waals surface area contributed by atoms with Crippen molar-refractivity contribution in [3.05, 3.63) is 121 Å². The highest BCUT2D eigenvalue weighted by molar-refractivity contribution is 9.10. The van der Waals surface area contributed by atoms with Gasteiger partial charge in [-0.25, -0.2) is 10.2 Å². The molecule has 4 aromatic carbocycles. The van der Waals surface area contributed by atoms with E-state index in [1.165, 1.54) is 6.21 Å². The Morgan fingerprint density at radius 2 is 1.59 bits per heavy atom. The summed E-state index contributed by atoms with van der Waals surface area (Å²) in [4.78, 5) is 29.1. The summed E-state index contributed by atoms with van der Waals surface area (Å²) >= 11 is 19.7. The third-order valence-corrected chi connectivity index (χ3v) is 7.44. The highest BCUT2D eigenvalue weighted by Gasteiger charge is 2.22. The molecule has 0 spiro atoms. The Bertz CT molecular complexity index is 1750. The first-order chi connectivity index (χ1) is 18.8. The van der Waals surface area contributed by atoms with Crippen molar-refractivity contribution >= 4 is 84.1 Å². The molecule has 10 heteroatoms. The second-order valence-electron chi connectivity index (χ2n) is 8.29. The fraction of sp³-hybridized carbons (Fsp3) is 0. The largest absolute Gasteiger partial charge is 0.422 e. The third kappa shape index (κ3) is 5.94. The predicted octanol–water partition coefficient (Wildman–Crippen LogP) is 8.65. The molecular weight excluding hydrogens is 669 g/mol. The van der Waals surface area contributed by atoms with E-state index in [4.69, 9.17) is 27.9 Å². The fourth-order valence-corrected chi connectivity index (χ4v) is 5.07. The van der Waals surface area contributed by atoms with Gasteiger partial charge in [-0.05, 0) is 54.6 Å². The van der Waals surface area contributed by atoms with Crippen LogP contribution < -0.4 is 10.2 Å². The van der Waals surface area contributed by atoms with Crippen molar-refractivity contribution in [3.8, 4) is 16.9 Å². The van der Waals surface area contributed by atoms with Crippen molar-refractivity contribution in [3.63, 3.8) is 0 Å². The quantitative estimate of drug-likeness (QED) is 0.0812. The van der Waals surface area contributed by atoms with Crippen molar-refractivity contribution in [1.82, 2.24) is 10.4 Å². The molecule has 0 atom stereocenters. The van der Waals surface area contributed by atoms with Gasteiger partial charge in [-0.1, -0.05) is 85.4 Å². The van der Waals surface area contributed by atoms with Gasteiger partial charge in [0.15, 0.2) is 0 Å². The Labute approximate surface area is 250 Å². The summed E-state index contributed by atoms with van der Waals surface area (Å²) < 4.78 is 7.19. The van der Waals surface area contributed by atoms with Crippen LogP contribution in [0.1, 0.15) is 26.4 Å². The lowest BCUT2D eigenvalue weighted by Crippen LogP contribution is -2.19. The zero-order valence-corrected chi connectivity index (χ0v) is 24.5. The molecule has 0 aliphatic rings. The molecule has 0 unspecified atom stereocenters. The fourth-order valence-electron chi connectivity index (χ4n) is 3.97. The van der Waals surface area contributed by atoms with E-state index >= 15 is 0 Å². The van der Waals surface area contributed by atoms with E-state index < -0.39 is 11.9 Å². The van der Waals surface area contributed by atoms with Crippen molar-refractivity contribution in [1.29, 1.82) is 0 Å². The number of nitrogens with zero attached hydrogens (tertiary/aromatic N) is 1. The molecule has 0 fully saturated rings. The summed E-state index contributed by atoms with van der Waals surface area (Å²) in [6.07, 6.45) is 1.40. The average Bonchev–Trinajstić information content (AvgIpc) is 3.31. The topological polar surface area (TPSA) is 83.5 Å². The first-order valence-electron chi connectivity index (χ1n) is 11.5. The lowest BCUT2D eigenvalue weighted by Gasteiger charge is -2.09. The SMILES string of the molecule is O=C(Oc1ccc(Br)cc1C=NNC(=O)c1[nH]c2c(Cl)cccc2c1-c1ccccc1Cl)c1ccc(Br)cc1. The van der Waals surface area contributed by atoms with Gasteiger partial charge in [0.1, 0.15) is 11.4 Å². The summed E-state index contributed by atoms with van der Waals surface area (Å²) in [6.45, 7) is 0. The van der Waals surface area contributed by atoms with E-state index in [2.05, 4.69) is 47.4 Å². The number of nitrogens with one attached hydrogen (secondary N) is 2. The first kappa shape index (κ1) is 27.1. The van der Waals surface area contributed by atoms with Crippen LogP contribution in [0.3, 0.4) is 0 Å². The molecule has 0 radical (unpaired) electrons. The van der Waals surface area contributed by atoms with Crippen molar-refractivity contribution in [2.45, 2.75) is 0 Å². The number of amides is 1. The van der Waals surface area contributed by atoms with Gasteiger partial charge in [0.05, 0.1) is 22.3 Å². The van der Waals surface area contributed by atoms with E-state index in [1.807, 2.05) is 30.3 Å². The minimum atomic E-state index is -0.525. The number of esters is 1. The molecule has 6 nitrogen and oxygen atoms in total. The monoisotopic (exact) mass is 683 g/mol.